The Kier molecular flexibility index (Phi) is 6.16. The van der Waals surface area contributed by atoms with Crippen LogP contribution in [0.5, 0.6) is 0 Å². The molecular formula is C16H24Cl2N2. The van der Waals surface area contributed by atoms with Gasteiger partial charge in [0.25, 0.3) is 0 Å². The average Bonchev–Trinajstić information content (AvgIpc) is 2.44. The molecule has 1 aliphatic rings. The number of benzene rings is 1. The Bertz CT molecular complexity index is 428. The summed E-state index contributed by atoms with van der Waals surface area (Å²) in [6.07, 6.45) is 2.34. The van der Waals surface area contributed by atoms with Gasteiger partial charge in [0, 0.05) is 32.2 Å². The third-order valence-electron chi connectivity index (χ3n) is 3.95. The summed E-state index contributed by atoms with van der Waals surface area (Å²) in [5.74, 6) is 0.707. The molecule has 0 saturated carbocycles. The second kappa shape index (κ2) is 7.65. The van der Waals surface area contributed by atoms with Gasteiger partial charge in [-0.2, -0.15) is 0 Å². The van der Waals surface area contributed by atoms with Gasteiger partial charge in [-0.05, 0) is 30.4 Å². The van der Waals surface area contributed by atoms with Crippen molar-refractivity contribution >= 4 is 23.2 Å². The van der Waals surface area contributed by atoms with E-state index < -0.39 is 0 Å². The molecule has 1 aliphatic heterocycles. The minimum absolute atomic E-state index is 0.380. The number of piperazine rings is 1. The summed E-state index contributed by atoms with van der Waals surface area (Å²) in [7, 11) is 0. The summed E-state index contributed by atoms with van der Waals surface area (Å²) < 4.78 is 0. The van der Waals surface area contributed by atoms with Crippen LogP contribution in [0.1, 0.15) is 38.3 Å². The molecule has 1 aromatic carbocycles. The topological polar surface area (TPSA) is 15.3 Å². The van der Waals surface area contributed by atoms with Gasteiger partial charge in [0.1, 0.15) is 0 Å². The van der Waals surface area contributed by atoms with Crippen molar-refractivity contribution in [3.63, 3.8) is 0 Å². The monoisotopic (exact) mass is 314 g/mol. The maximum atomic E-state index is 6.45. The lowest BCUT2D eigenvalue weighted by atomic mass is 9.95. The van der Waals surface area contributed by atoms with Crippen LogP contribution in [0.25, 0.3) is 0 Å². The Morgan fingerprint density at radius 3 is 2.50 bits per heavy atom. The highest BCUT2D eigenvalue weighted by atomic mass is 35.5. The second-order valence-electron chi connectivity index (χ2n) is 5.92. The van der Waals surface area contributed by atoms with E-state index in [1.807, 2.05) is 12.1 Å². The van der Waals surface area contributed by atoms with Crippen LogP contribution < -0.4 is 5.32 Å². The Morgan fingerprint density at radius 1 is 1.15 bits per heavy atom. The lowest BCUT2D eigenvalue weighted by molar-refractivity contribution is 0.160. The predicted molar refractivity (Wildman–Crippen MR) is 87.7 cm³/mol. The fourth-order valence-electron chi connectivity index (χ4n) is 2.80. The molecule has 20 heavy (non-hydrogen) atoms. The molecule has 1 saturated heterocycles. The Balaban J connectivity index is 2.22. The summed E-state index contributed by atoms with van der Waals surface area (Å²) in [5, 5.41) is 4.80. The van der Waals surface area contributed by atoms with Gasteiger partial charge in [-0.3, -0.25) is 4.90 Å². The first-order chi connectivity index (χ1) is 9.59. The van der Waals surface area contributed by atoms with Crippen LogP contribution in [0.2, 0.25) is 10.0 Å². The zero-order chi connectivity index (χ0) is 14.5. The zero-order valence-corrected chi connectivity index (χ0v) is 13.8. The Morgan fingerprint density at radius 2 is 1.85 bits per heavy atom. The molecule has 0 unspecified atom stereocenters. The van der Waals surface area contributed by atoms with Crippen molar-refractivity contribution in [2.45, 2.75) is 32.7 Å². The van der Waals surface area contributed by atoms with E-state index in [2.05, 4.69) is 30.1 Å². The molecule has 1 N–H and O–H groups in total. The predicted octanol–water partition coefficient (Wildman–Crippen LogP) is 4.38. The lowest BCUT2D eigenvalue weighted by Crippen LogP contribution is -2.45. The molecule has 0 bridgehead atoms. The van der Waals surface area contributed by atoms with Gasteiger partial charge < -0.3 is 5.32 Å². The van der Waals surface area contributed by atoms with Crippen molar-refractivity contribution in [1.82, 2.24) is 10.2 Å². The van der Waals surface area contributed by atoms with Crippen LogP contribution in [0, 0.1) is 5.92 Å². The van der Waals surface area contributed by atoms with Crippen molar-refractivity contribution < 1.29 is 0 Å². The van der Waals surface area contributed by atoms with E-state index >= 15 is 0 Å². The molecule has 0 spiro atoms. The number of rotatable bonds is 5. The summed E-state index contributed by atoms with van der Waals surface area (Å²) >= 11 is 12.6. The molecule has 1 aromatic rings. The van der Waals surface area contributed by atoms with Gasteiger partial charge in [0.2, 0.25) is 0 Å². The molecule has 0 radical (unpaired) electrons. The van der Waals surface area contributed by atoms with Crippen LogP contribution in [-0.4, -0.2) is 31.1 Å². The SMILES string of the molecule is CC(C)CC[C@H](c1cccc(Cl)c1Cl)N1CCNCC1. The van der Waals surface area contributed by atoms with Crippen LogP contribution in [-0.2, 0) is 0 Å². The largest absolute Gasteiger partial charge is 0.314 e. The molecule has 0 amide bonds. The molecule has 112 valence electrons. The molecule has 1 fully saturated rings. The standard InChI is InChI=1S/C16H24Cl2N2/c1-12(2)6-7-15(20-10-8-19-9-11-20)13-4-3-5-14(17)16(13)18/h3-5,12,15,19H,6-11H2,1-2H3/t15-/m1/s1. The van der Waals surface area contributed by atoms with E-state index in [1.165, 1.54) is 12.0 Å². The number of hydrogen-bond acceptors (Lipinski definition) is 2. The molecule has 2 nitrogen and oxygen atoms in total. The molecule has 0 aliphatic carbocycles. The summed E-state index contributed by atoms with van der Waals surface area (Å²) in [5.41, 5.74) is 1.18. The van der Waals surface area contributed by atoms with E-state index in [4.69, 9.17) is 23.2 Å². The van der Waals surface area contributed by atoms with E-state index in [-0.39, 0.29) is 0 Å². The molecule has 2 rings (SSSR count). The number of nitrogens with zero attached hydrogens (tertiary/aromatic N) is 1. The van der Waals surface area contributed by atoms with Gasteiger partial charge in [0.05, 0.1) is 10.0 Å². The smallest absolute Gasteiger partial charge is 0.0640 e. The quantitative estimate of drug-likeness (QED) is 0.867. The highest BCUT2D eigenvalue weighted by Gasteiger charge is 2.24. The molecule has 0 aromatic heterocycles. The maximum absolute atomic E-state index is 6.45. The van der Waals surface area contributed by atoms with Gasteiger partial charge >= 0.3 is 0 Å². The molecule has 1 atom stereocenters. The number of hydrogen-bond donors (Lipinski definition) is 1. The van der Waals surface area contributed by atoms with Gasteiger partial charge in [-0.25, -0.2) is 0 Å². The molecule has 1 heterocycles. The van der Waals surface area contributed by atoms with E-state index in [0.717, 1.165) is 37.6 Å². The van der Waals surface area contributed by atoms with Gasteiger partial charge in [0.15, 0.2) is 0 Å². The first kappa shape index (κ1) is 16.1. The third-order valence-corrected chi connectivity index (χ3v) is 4.78. The Labute approximate surface area is 132 Å². The minimum atomic E-state index is 0.380. The van der Waals surface area contributed by atoms with Crippen LogP contribution in [0.4, 0.5) is 0 Å². The van der Waals surface area contributed by atoms with Crippen molar-refractivity contribution in [3.05, 3.63) is 33.8 Å². The highest BCUT2D eigenvalue weighted by Crippen LogP contribution is 2.36. The maximum Gasteiger partial charge on any atom is 0.0640 e. The molecule has 4 heteroatoms. The number of nitrogens with one attached hydrogen (secondary N) is 1. The highest BCUT2D eigenvalue weighted by molar-refractivity contribution is 6.42. The average molecular weight is 315 g/mol. The first-order valence-electron chi connectivity index (χ1n) is 7.48. The zero-order valence-electron chi connectivity index (χ0n) is 12.3. The number of halogens is 2. The summed E-state index contributed by atoms with van der Waals surface area (Å²) in [4.78, 5) is 2.54. The van der Waals surface area contributed by atoms with Crippen molar-refractivity contribution in [3.8, 4) is 0 Å². The van der Waals surface area contributed by atoms with Crippen molar-refractivity contribution in [1.29, 1.82) is 0 Å². The molecular weight excluding hydrogens is 291 g/mol. The Hall–Kier alpha value is -0.280. The minimum Gasteiger partial charge on any atom is -0.314 e. The van der Waals surface area contributed by atoms with Crippen LogP contribution >= 0.6 is 23.2 Å². The van der Waals surface area contributed by atoms with E-state index in [1.54, 1.807) is 0 Å². The van der Waals surface area contributed by atoms with E-state index in [0.29, 0.717) is 17.0 Å². The third kappa shape index (κ3) is 4.11. The summed E-state index contributed by atoms with van der Waals surface area (Å²) in [6, 6.07) is 6.38. The first-order valence-corrected chi connectivity index (χ1v) is 8.24. The summed E-state index contributed by atoms with van der Waals surface area (Å²) in [6.45, 7) is 8.80. The van der Waals surface area contributed by atoms with Gasteiger partial charge in [-0.1, -0.05) is 49.2 Å². The van der Waals surface area contributed by atoms with E-state index in [9.17, 15) is 0 Å². The van der Waals surface area contributed by atoms with Crippen LogP contribution in [0.15, 0.2) is 18.2 Å². The van der Waals surface area contributed by atoms with Crippen molar-refractivity contribution in [2.75, 3.05) is 26.2 Å². The fraction of sp³-hybridized carbons (Fsp3) is 0.625. The second-order valence-corrected chi connectivity index (χ2v) is 6.70. The lowest BCUT2D eigenvalue weighted by Gasteiger charge is -2.36. The normalized spacial score (nSPS) is 18.4. The van der Waals surface area contributed by atoms with Gasteiger partial charge in [-0.15, -0.1) is 0 Å². The van der Waals surface area contributed by atoms with Crippen LogP contribution in [0.3, 0.4) is 0 Å². The fourth-order valence-corrected chi connectivity index (χ4v) is 3.23. The van der Waals surface area contributed by atoms with Crippen molar-refractivity contribution in [2.24, 2.45) is 5.92 Å².